The van der Waals surface area contributed by atoms with Gasteiger partial charge in [-0.25, -0.2) is 0 Å². The lowest BCUT2D eigenvalue weighted by molar-refractivity contribution is -0.144. The fraction of sp³-hybridized carbons (Fsp3) is 0.500. The van der Waals surface area contributed by atoms with Gasteiger partial charge in [0, 0.05) is 31.8 Å². The monoisotopic (exact) mass is 311 g/mol. The van der Waals surface area contributed by atoms with Gasteiger partial charge in [-0.3, -0.25) is 14.3 Å². The number of amides is 1. The Kier molecular flexibility index (Phi) is 4.67. The van der Waals surface area contributed by atoms with Crippen LogP contribution >= 0.6 is 11.6 Å². The van der Waals surface area contributed by atoms with Crippen molar-refractivity contribution >= 4 is 29.6 Å². The van der Waals surface area contributed by atoms with Crippen molar-refractivity contribution in [2.75, 3.05) is 13.1 Å². The highest BCUT2D eigenvalue weighted by Gasteiger charge is 2.27. The molecule has 21 heavy (non-hydrogen) atoms. The molecule has 0 saturated carbocycles. The number of aliphatic carboxylic acids is 1. The second-order valence-electron chi connectivity index (χ2n) is 5.21. The normalized spacial score (nSPS) is 19.2. The quantitative estimate of drug-likeness (QED) is 0.862. The average Bonchev–Trinajstić information content (AvgIpc) is 2.70. The van der Waals surface area contributed by atoms with E-state index in [0.717, 1.165) is 5.69 Å². The third-order valence-corrected chi connectivity index (χ3v) is 4.12. The fourth-order valence-electron chi connectivity index (χ4n) is 2.47. The summed E-state index contributed by atoms with van der Waals surface area (Å²) in [5, 5.41) is 13.7. The van der Waals surface area contributed by atoms with Crippen molar-refractivity contribution < 1.29 is 14.7 Å². The maximum absolute atomic E-state index is 12.1. The third kappa shape index (κ3) is 3.44. The van der Waals surface area contributed by atoms with E-state index in [2.05, 4.69) is 5.10 Å². The first kappa shape index (κ1) is 15.6. The molecule has 1 fully saturated rings. The van der Waals surface area contributed by atoms with Gasteiger partial charge in [0.2, 0.25) is 5.91 Å². The summed E-state index contributed by atoms with van der Waals surface area (Å²) in [6.07, 6.45) is 4.40. The number of hydrogen-bond acceptors (Lipinski definition) is 3. The van der Waals surface area contributed by atoms with Crippen molar-refractivity contribution in [1.82, 2.24) is 14.7 Å². The molecule has 1 atom stereocenters. The topological polar surface area (TPSA) is 75.4 Å². The number of carboxylic acids is 1. The van der Waals surface area contributed by atoms with E-state index in [4.69, 9.17) is 16.7 Å². The minimum Gasteiger partial charge on any atom is -0.481 e. The Balaban J connectivity index is 2.07. The van der Waals surface area contributed by atoms with Crippen LogP contribution in [0.4, 0.5) is 0 Å². The zero-order valence-electron chi connectivity index (χ0n) is 12.0. The van der Waals surface area contributed by atoms with Crippen molar-refractivity contribution in [3.63, 3.8) is 0 Å². The maximum atomic E-state index is 12.1. The van der Waals surface area contributed by atoms with Crippen LogP contribution in [-0.4, -0.2) is 44.8 Å². The van der Waals surface area contributed by atoms with E-state index in [0.29, 0.717) is 30.1 Å². The highest BCUT2D eigenvalue weighted by Crippen LogP contribution is 2.21. The van der Waals surface area contributed by atoms with Gasteiger partial charge < -0.3 is 10.0 Å². The minimum absolute atomic E-state index is 0.194. The number of carbonyl (C=O) groups is 2. The number of carbonyl (C=O) groups excluding carboxylic acids is 1. The average molecular weight is 312 g/mol. The van der Waals surface area contributed by atoms with Crippen LogP contribution in [0.1, 0.15) is 24.1 Å². The number of hydrogen-bond donors (Lipinski definition) is 1. The second kappa shape index (κ2) is 6.30. The van der Waals surface area contributed by atoms with Gasteiger partial charge in [-0.05, 0) is 25.8 Å². The van der Waals surface area contributed by atoms with E-state index in [9.17, 15) is 9.59 Å². The Morgan fingerprint density at radius 2 is 2.19 bits per heavy atom. The lowest BCUT2D eigenvalue weighted by Gasteiger charge is -2.29. The molecule has 2 rings (SSSR count). The Hall–Kier alpha value is -1.82. The first-order valence-corrected chi connectivity index (χ1v) is 7.17. The van der Waals surface area contributed by atoms with Gasteiger partial charge in [0.05, 0.1) is 11.6 Å². The second-order valence-corrected chi connectivity index (χ2v) is 5.57. The Morgan fingerprint density at radius 1 is 1.48 bits per heavy atom. The zero-order chi connectivity index (χ0) is 15.6. The van der Waals surface area contributed by atoms with E-state index in [1.165, 1.54) is 6.08 Å². The van der Waals surface area contributed by atoms with Gasteiger partial charge in [-0.2, -0.15) is 5.10 Å². The van der Waals surface area contributed by atoms with Crippen LogP contribution in [-0.2, 0) is 16.6 Å². The van der Waals surface area contributed by atoms with Gasteiger partial charge in [0.1, 0.15) is 5.15 Å². The zero-order valence-corrected chi connectivity index (χ0v) is 12.8. The summed E-state index contributed by atoms with van der Waals surface area (Å²) < 4.78 is 1.54. The summed E-state index contributed by atoms with van der Waals surface area (Å²) >= 11 is 6.09. The molecular formula is C14H18ClN3O3. The molecule has 114 valence electrons. The number of aryl methyl sites for hydroxylation is 2. The molecule has 0 radical (unpaired) electrons. The smallest absolute Gasteiger partial charge is 0.308 e. The summed E-state index contributed by atoms with van der Waals surface area (Å²) in [7, 11) is 1.73. The third-order valence-electron chi connectivity index (χ3n) is 3.67. The molecule has 1 amide bonds. The van der Waals surface area contributed by atoms with E-state index in [-0.39, 0.29) is 12.5 Å². The number of likely N-dealkylation sites (tertiary alicyclic amines) is 1. The van der Waals surface area contributed by atoms with Crippen molar-refractivity contribution in [2.45, 2.75) is 19.8 Å². The van der Waals surface area contributed by atoms with Gasteiger partial charge in [-0.1, -0.05) is 11.6 Å². The van der Waals surface area contributed by atoms with Crippen LogP contribution in [0.3, 0.4) is 0 Å². The van der Waals surface area contributed by atoms with Crippen molar-refractivity contribution in [3.8, 4) is 0 Å². The number of carboxylic acid groups (broad SMARTS) is 1. The SMILES string of the molecule is Cc1nn(C)c(Cl)c1/C=C/C(=O)N1CCC[C@H](C(=O)O)C1. The van der Waals surface area contributed by atoms with Crippen LogP contribution in [0, 0.1) is 12.8 Å². The number of aromatic nitrogens is 2. The Labute approximate surface area is 128 Å². The Morgan fingerprint density at radius 3 is 2.76 bits per heavy atom. The summed E-state index contributed by atoms with van der Waals surface area (Å²) in [6, 6.07) is 0. The molecule has 0 aliphatic carbocycles. The van der Waals surface area contributed by atoms with Gasteiger partial charge in [-0.15, -0.1) is 0 Å². The fourth-order valence-corrected chi connectivity index (χ4v) is 2.71. The highest BCUT2D eigenvalue weighted by molar-refractivity contribution is 6.31. The molecule has 1 N–H and O–H groups in total. The first-order chi connectivity index (χ1) is 9.90. The molecule has 1 aliphatic heterocycles. The predicted molar refractivity (Wildman–Crippen MR) is 78.9 cm³/mol. The molecule has 7 heteroatoms. The van der Waals surface area contributed by atoms with Crippen molar-refractivity contribution in [3.05, 3.63) is 22.5 Å². The molecule has 1 aromatic rings. The number of halogens is 1. The van der Waals surface area contributed by atoms with Crippen molar-refractivity contribution in [2.24, 2.45) is 13.0 Å². The molecule has 0 bridgehead atoms. The number of rotatable bonds is 3. The molecule has 0 unspecified atom stereocenters. The van der Waals surface area contributed by atoms with Gasteiger partial charge >= 0.3 is 5.97 Å². The summed E-state index contributed by atoms with van der Waals surface area (Å²) in [6.45, 7) is 2.67. The van der Waals surface area contributed by atoms with E-state index in [1.54, 1.807) is 22.7 Å². The molecule has 1 saturated heterocycles. The number of nitrogens with zero attached hydrogens (tertiary/aromatic N) is 3. The molecule has 0 spiro atoms. The van der Waals surface area contributed by atoms with E-state index >= 15 is 0 Å². The molecule has 2 heterocycles. The van der Waals surface area contributed by atoms with Crippen molar-refractivity contribution in [1.29, 1.82) is 0 Å². The molecule has 1 aromatic heterocycles. The molecule has 6 nitrogen and oxygen atoms in total. The first-order valence-electron chi connectivity index (χ1n) is 6.79. The highest BCUT2D eigenvalue weighted by atomic mass is 35.5. The van der Waals surface area contributed by atoms with Gasteiger partial charge in [0.25, 0.3) is 0 Å². The Bertz CT molecular complexity index is 595. The lowest BCUT2D eigenvalue weighted by atomic mass is 9.98. The minimum atomic E-state index is -0.845. The van der Waals surface area contributed by atoms with E-state index in [1.807, 2.05) is 6.92 Å². The van der Waals surface area contributed by atoms with Crippen LogP contribution in [0.25, 0.3) is 6.08 Å². The van der Waals surface area contributed by atoms with Crippen LogP contribution in [0.2, 0.25) is 5.15 Å². The predicted octanol–water partition coefficient (Wildman–Crippen LogP) is 1.72. The summed E-state index contributed by atoms with van der Waals surface area (Å²) in [5.74, 6) is -1.51. The number of piperidine rings is 1. The standard InChI is InChI=1S/C14H18ClN3O3/c1-9-11(13(15)17(2)16-9)5-6-12(19)18-7-3-4-10(8-18)14(20)21/h5-6,10H,3-4,7-8H2,1-2H3,(H,20,21)/b6-5+/t10-/m0/s1. The van der Waals surface area contributed by atoms with Crippen LogP contribution in [0.15, 0.2) is 6.08 Å². The largest absolute Gasteiger partial charge is 0.481 e. The maximum Gasteiger partial charge on any atom is 0.308 e. The molecular weight excluding hydrogens is 294 g/mol. The molecule has 1 aliphatic rings. The molecule has 0 aromatic carbocycles. The summed E-state index contributed by atoms with van der Waals surface area (Å²) in [5.41, 5.74) is 1.45. The van der Waals surface area contributed by atoms with E-state index < -0.39 is 11.9 Å². The van der Waals surface area contributed by atoms with Gasteiger partial charge in [0.15, 0.2) is 0 Å². The lowest BCUT2D eigenvalue weighted by Crippen LogP contribution is -2.41. The van der Waals surface area contributed by atoms with Crippen LogP contribution < -0.4 is 0 Å². The summed E-state index contributed by atoms with van der Waals surface area (Å²) in [4.78, 5) is 24.7. The van der Waals surface area contributed by atoms with Crippen LogP contribution in [0.5, 0.6) is 0 Å².